The molecule has 0 fully saturated rings. The number of carboxylic acids is 1. The Morgan fingerprint density at radius 3 is 2.89 bits per heavy atom. The zero-order valence-corrected chi connectivity index (χ0v) is 11.3. The van der Waals surface area contributed by atoms with Gasteiger partial charge in [-0.1, -0.05) is 27.3 Å². The summed E-state index contributed by atoms with van der Waals surface area (Å²) in [7, 11) is 0. The van der Waals surface area contributed by atoms with E-state index in [4.69, 9.17) is 5.11 Å². The molecule has 0 aliphatic rings. The first-order valence-corrected chi connectivity index (χ1v) is 6.52. The van der Waals surface area contributed by atoms with Gasteiger partial charge in [-0.25, -0.2) is 4.39 Å². The highest BCUT2D eigenvalue weighted by atomic mass is 79.9. The van der Waals surface area contributed by atoms with Crippen molar-refractivity contribution in [2.24, 2.45) is 0 Å². The van der Waals surface area contributed by atoms with E-state index in [0.717, 1.165) is 15.9 Å². The molecule has 18 heavy (non-hydrogen) atoms. The topological polar surface area (TPSA) is 59.3 Å². The molecule has 0 aliphatic heterocycles. The van der Waals surface area contributed by atoms with E-state index < -0.39 is 23.2 Å². The summed E-state index contributed by atoms with van der Waals surface area (Å²) in [5.41, 5.74) is 0.468. The summed E-state index contributed by atoms with van der Waals surface area (Å²) < 4.78 is 15.4. The number of carboxylic acid groups (broad SMARTS) is 1. The summed E-state index contributed by atoms with van der Waals surface area (Å²) >= 11 is 4.05. The van der Waals surface area contributed by atoms with E-state index >= 15 is 0 Å². The summed E-state index contributed by atoms with van der Waals surface area (Å²) in [6.07, 6.45) is 0. The molecule has 0 unspecified atom stereocenters. The Morgan fingerprint density at radius 2 is 2.22 bits per heavy atom. The third-order valence-electron chi connectivity index (χ3n) is 2.28. The van der Waals surface area contributed by atoms with Gasteiger partial charge in [-0.3, -0.25) is 14.2 Å². The molecule has 0 radical (unpaired) electrons. The van der Waals surface area contributed by atoms with Crippen LogP contribution in [0.5, 0.6) is 0 Å². The van der Waals surface area contributed by atoms with Crippen LogP contribution < -0.4 is 4.87 Å². The Balaban J connectivity index is 2.60. The number of nitrogens with zero attached hydrogens (tertiary/aromatic N) is 1. The molecule has 1 heterocycles. The van der Waals surface area contributed by atoms with Gasteiger partial charge in [0.05, 0.1) is 5.69 Å². The number of benzene rings is 1. The van der Waals surface area contributed by atoms with Gasteiger partial charge in [-0.15, -0.1) is 0 Å². The largest absolute Gasteiger partial charge is 0.480 e. The van der Waals surface area contributed by atoms with Crippen LogP contribution in [-0.4, -0.2) is 15.6 Å². The number of halogens is 2. The monoisotopic (exact) mass is 331 g/mol. The second kappa shape index (κ2) is 5.03. The van der Waals surface area contributed by atoms with Crippen LogP contribution in [0.4, 0.5) is 4.39 Å². The summed E-state index contributed by atoms with van der Waals surface area (Å²) in [5.74, 6) is -1.65. The summed E-state index contributed by atoms with van der Waals surface area (Å²) in [6, 6.07) is 4.30. The molecule has 0 saturated carbocycles. The van der Waals surface area contributed by atoms with Crippen molar-refractivity contribution in [2.45, 2.75) is 6.54 Å². The molecule has 0 aliphatic carbocycles. The Labute approximate surface area is 113 Å². The van der Waals surface area contributed by atoms with Gasteiger partial charge < -0.3 is 5.11 Å². The molecule has 0 bridgehead atoms. The number of rotatable bonds is 3. The van der Waals surface area contributed by atoms with Crippen molar-refractivity contribution in [1.29, 1.82) is 0 Å². The molecule has 2 rings (SSSR count). The number of hydrogen-bond donors (Lipinski definition) is 1. The minimum Gasteiger partial charge on any atom is -0.480 e. The van der Waals surface area contributed by atoms with Gasteiger partial charge >= 0.3 is 10.8 Å². The summed E-state index contributed by atoms with van der Waals surface area (Å²) in [4.78, 5) is 21.8. The first-order valence-electron chi connectivity index (χ1n) is 4.84. The standard InChI is InChI=1S/C11H7BrFNO3S/c12-6-1-2-8(13)7(3-6)9-5-18-11(17)14(9)4-10(15)16/h1-3,5H,4H2,(H,15,16). The molecule has 0 atom stereocenters. The van der Waals surface area contributed by atoms with E-state index in [-0.39, 0.29) is 11.3 Å². The third-order valence-corrected chi connectivity index (χ3v) is 3.54. The Hall–Kier alpha value is -1.47. The maximum atomic E-state index is 13.7. The fourth-order valence-electron chi connectivity index (χ4n) is 1.52. The van der Waals surface area contributed by atoms with Gasteiger partial charge in [0.2, 0.25) is 0 Å². The van der Waals surface area contributed by atoms with Crippen molar-refractivity contribution in [3.8, 4) is 11.3 Å². The average molecular weight is 332 g/mol. The van der Waals surface area contributed by atoms with E-state index in [0.29, 0.717) is 4.47 Å². The number of thiazole rings is 1. The normalized spacial score (nSPS) is 10.6. The zero-order valence-electron chi connectivity index (χ0n) is 8.89. The van der Waals surface area contributed by atoms with E-state index in [2.05, 4.69) is 15.9 Å². The van der Waals surface area contributed by atoms with E-state index in [1.165, 1.54) is 23.6 Å². The van der Waals surface area contributed by atoms with Crippen LogP contribution in [0.2, 0.25) is 0 Å². The Morgan fingerprint density at radius 1 is 1.50 bits per heavy atom. The van der Waals surface area contributed by atoms with Crippen LogP contribution in [0.3, 0.4) is 0 Å². The lowest BCUT2D eigenvalue weighted by Gasteiger charge is -2.06. The van der Waals surface area contributed by atoms with Gasteiger partial charge in [0.15, 0.2) is 0 Å². The smallest absolute Gasteiger partial charge is 0.323 e. The molecule has 4 nitrogen and oxygen atoms in total. The van der Waals surface area contributed by atoms with Gasteiger partial charge in [0, 0.05) is 15.4 Å². The van der Waals surface area contributed by atoms with E-state index in [1.54, 1.807) is 0 Å². The molecule has 0 saturated heterocycles. The van der Waals surface area contributed by atoms with Gasteiger partial charge in [-0.05, 0) is 18.2 Å². The first kappa shape index (κ1) is 13.0. The maximum Gasteiger partial charge on any atom is 0.323 e. The molecule has 1 aromatic carbocycles. The van der Waals surface area contributed by atoms with Crippen molar-refractivity contribution >= 4 is 33.2 Å². The molecule has 0 amide bonds. The van der Waals surface area contributed by atoms with Crippen molar-refractivity contribution in [2.75, 3.05) is 0 Å². The van der Waals surface area contributed by atoms with Crippen molar-refractivity contribution in [3.05, 3.63) is 43.5 Å². The fraction of sp³-hybridized carbons (Fsp3) is 0.0909. The molecule has 1 N–H and O–H groups in total. The highest BCUT2D eigenvalue weighted by Crippen LogP contribution is 2.26. The Bertz CT molecular complexity index is 665. The van der Waals surface area contributed by atoms with Crippen molar-refractivity contribution in [1.82, 2.24) is 4.57 Å². The van der Waals surface area contributed by atoms with E-state index in [9.17, 15) is 14.0 Å². The van der Waals surface area contributed by atoms with Crippen molar-refractivity contribution < 1.29 is 14.3 Å². The average Bonchev–Trinajstić information content (AvgIpc) is 2.64. The number of hydrogen-bond acceptors (Lipinski definition) is 3. The fourth-order valence-corrected chi connectivity index (χ4v) is 2.64. The number of carbonyl (C=O) groups is 1. The summed E-state index contributed by atoms with van der Waals surface area (Å²) in [5, 5.41) is 10.2. The number of aromatic nitrogens is 1. The van der Waals surface area contributed by atoms with Crippen LogP contribution in [0.1, 0.15) is 0 Å². The molecular formula is C11H7BrFNO3S. The molecule has 94 valence electrons. The lowest BCUT2D eigenvalue weighted by molar-refractivity contribution is -0.137. The minimum absolute atomic E-state index is 0.198. The predicted molar refractivity (Wildman–Crippen MR) is 69.3 cm³/mol. The minimum atomic E-state index is -1.15. The van der Waals surface area contributed by atoms with Crippen molar-refractivity contribution in [3.63, 3.8) is 0 Å². The molecule has 1 aromatic heterocycles. The van der Waals surface area contributed by atoms with Crippen LogP contribution in [-0.2, 0) is 11.3 Å². The van der Waals surface area contributed by atoms with Crippen LogP contribution in [0.15, 0.2) is 32.8 Å². The lowest BCUT2D eigenvalue weighted by atomic mass is 10.1. The molecule has 2 aromatic rings. The van der Waals surface area contributed by atoms with Crippen LogP contribution >= 0.6 is 27.3 Å². The first-order chi connectivity index (χ1) is 8.49. The van der Waals surface area contributed by atoms with Crippen LogP contribution in [0.25, 0.3) is 11.3 Å². The third kappa shape index (κ3) is 2.51. The van der Waals surface area contributed by atoms with Gasteiger partial charge in [0.1, 0.15) is 12.4 Å². The van der Waals surface area contributed by atoms with Gasteiger partial charge in [0.25, 0.3) is 0 Å². The second-order valence-electron chi connectivity index (χ2n) is 3.49. The summed E-state index contributed by atoms with van der Waals surface area (Å²) in [6.45, 7) is -0.483. The zero-order chi connectivity index (χ0) is 13.3. The molecule has 0 spiro atoms. The van der Waals surface area contributed by atoms with Gasteiger partial charge in [-0.2, -0.15) is 0 Å². The predicted octanol–water partition coefficient (Wildman–Crippen LogP) is 2.56. The molecule has 7 heteroatoms. The SMILES string of the molecule is O=C(O)Cn1c(-c2cc(Br)ccc2F)csc1=O. The maximum absolute atomic E-state index is 13.7. The Kier molecular flexibility index (Phi) is 3.63. The van der Waals surface area contributed by atoms with Crippen LogP contribution in [0, 0.1) is 5.82 Å². The molecular weight excluding hydrogens is 325 g/mol. The highest BCUT2D eigenvalue weighted by Gasteiger charge is 2.15. The lowest BCUT2D eigenvalue weighted by Crippen LogP contribution is -2.19. The quantitative estimate of drug-likeness (QED) is 0.940. The highest BCUT2D eigenvalue weighted by molar-refractivity contribution is 9.10. The number of aliphatic carboxylic acids is 1. The second-order valence-corrected chi connectivity index (χ2v) is 5.23. The van der Waals surface area contributed by atoms with E-state index in [1.807, 2.05) is 0 Å².